The monoisotopic (exact) mass is 443 g/mol. The van der Waals surface area contributed by atoms with Crippen LogP contribution in [0.5, 0.6) is 0 Å². The van der Waals surface area contributed by atoms with Gasteiger partial charge in [0.1, 0.15) is 5.66 Å². The molecule has 1 unspecified atom stereocenters. The molecule has 1 atom stereocenters. The molecule has 7 nitrogen and oxygen atoms in total. The number of allylic oxidation sites excluding steroid dienone is 2. The molecule has 0 saturated carbocycles. The van der Waals surface area contributed by atoms with Crippen molar-refractivity contribution in [2.45, 2.75) is 31.3 Å². The lowest BCUT2D eigenvalue weighted by atomic mass is 9.87. The van der Waals surface area contributed by atoms with Crippen LogP contribution in [0.1, 0.15) is 46.4 Å². The second-order valence-corrected chi connectivity index (χ2v) is 8.65. The highest BCUT2D eigenvalue weighted by atomic mass is 16.2. The highest BCUT2D eigenvalue weighted by Gasteiger charge is 2.47. The van der Waals surface area contributed by atoms with Gasteiger partial charge >= 0.3 is 0 Å². The molecule has 170 valence electrons. The van der Waals surface area contributed by atoms with Gasteiger partial charge in [-0.25, -0.2) is 0 Å². The van der Waals surface area contributed by atoms with Crippen LogP contribution in [0.2, 0.25) is 0 Å². The fraction of sp³-hybridized carbons (Fsp3) is 0.346. The number of nitrogens with two attached hydrogens (primary N) is 1. The fourth-order valence-corrected chi connectivity index (χ4v) is 4.67. The molecule has 0 bridgehead atoms. The molecule has 2 aliphatic rings. The van der Waals surface area contributed by atoms with E-state index in [1.54, 1.807) is 6.07 Å². The van der Waals surface area contributed by atoms with Crippen LogP contribution in [0.25, 0.3) is 10.8 Å². The number of amides is 2. The molecule has 33 heavy (non-hydrogen) atoms. The van der Waals surface area contributed by atoms with Crippen LogP contribution >= 0.6 is 0 Å². The van der Waals surface area contributed by atoms with Crippen LogP contribution in [0.4, 0.5) is 5.69 Å². The van der Waals surface area contributed by atoms with Crippen LogP contribution in [-0.2, 0) is 0 Å². The number of nitrogens with one attached hydrogen (secondary N) is 1. The van der Waals surface area contributed by atoms with E-state index in [4.69, 9.17) is 11.0 Å². The summed E-state index contributed by atoms with van der Waals surface area (Å²) < 4.78 is 0. The summed E-state index contributed by atoms with van der Waals surface area (Å²) in [7, 11) is 3.75. The Bertz CT molecular complexity index is 1180. The molecule has 2 aromatic carbocycles. The van der Waals surface area contributed by atoms with Gasteiger partial charge in [-0.3, -0.25) is 19.4 Å². The summed E-state index contributed by atoms with van der Waals surface area (Å²) in [5.74, 6) is -0.603. The summed E-state index contributed by atoms with van der Waals surface area (Å²) in [6, 6.07) is 11.5. The number of benzene rings is 2. The molecule has 0 saturated heterocycles. The summed E-state index contributed by atoms with van der Waals surface area (Å²) in [6.07, 6.45) is 8.27. The largest absolute Gasteiger partial charge is 0.384 e. The van der Waals surface area contributed by atoms with Gasteiger partial charge in [0.15, 0.2) is 0 Å². The van der Waals surface area contributed by atoms with E-state index >= 15 is 0 Å². The van der Waals surface area contributed by atoms with Crippen molar-refractivity contribution < 1.29 is 9.59 Å². The number of hydrogen-bond donors (Lipinski definition) is 2. The molecule has 0 aromatic heterocycles. The summed E-state index contributed by atoms with van der Waals surface area (Å²) in [5.41, 5.74) is 7.69. The average molecular weight is 444 g/mol. The predicted molar refractivity (Wildman–Crippen MR) is 130 cm³/mol. The number of anilines is 1. The summed E-state index contributed by atoms with van der Waals surface area (Å²) in [4.78, 5) is 30.9. The minimum atomic E-state index is -0.914. The van der Waals surface area contributed by atoms with Crippen LogP contribution < -0.4 is 11.1 Å². The quantitative estimate of drug-likeness (QED) is 0.477. The Morgan fingerprint density at radius 3 is 2.58 bits per heavy atom. The predicted octanol–water partition coefficient (Wildman–Crippen LogP) is 3.64. The summed E-state index contributed by atoms with van der Waals surface area (Å²) >= 11 is 0. The van der Waals surface area contributed by atoms with Gasteiger partial charge in [-0.1, -0.05) is 29.9 Å². The molecule has 1 aliphatic carbocycles. The minimum absolute atomic E-state index is 0.301. The third kappa shape index (κ3) is 3.82. The fourth-order valence-electron chi connectivity index (χ4n) is 4.67. The lowest BCUT2D eigenvalue weighted by Gasteiger charge is -2.47. The van der Waals surface area contributed by atoms with Gasteiger partial charge in [0.05, 0.1) is 6.07 Å². The molecular weight excluding hydrogens is 414 g/mol. The molecule has 0 fully saturated rings. The Balaban J connectivity index is 1.77. The van der Waals surface area contributed by atoms with E-state index in [2.05, 4.69) is 11.4 Å². The van der Waals surface area contributed by atoms with Crippen molar-refractivity contribution in [1.29, 1.82) is 5.26 Å². The Labute approximate surface area is 194 Å². The number of carbonyl (C=O) groups is 2. The summed E-state index contributed by atoms with van der Waals surface area (Å²) in [6.45, 7) is 1.31. The van der Waals surface area contributed by atoms with E-state index in [1.807, 2.05) is 61.5 Å². The number of imide groups is 1. The number of nitrogens with zero attached hydrogens (tertiary/aromatic N) is 3. The van der Waals surface area contributed by atoms with Gasteiger partial charge in [-0.05, 0) is 57.8 Å². The van der Waals surface area contributed by atoms with Crippen LogP contribution in [0.3, 0.4) is 0 Å². The average Bonchev–Trinajstić information content (AvgIpc) is 2.82. The minimum Gasteiger partial charge on any atom is -0.384 e. The van der Waals surface area contributed by atoms with Gasteiger partial charge < -0.3 is 11.1 Å². The van der Waals surface area contributed by atoms with Crippen molar-refractivity contribution in [2.24, 2.45) is 5.73 Å². The smallest absolute Gasteiger partial charge is 0.263 e. The number of hydrogen-bond acceptors (Lipinski definition) is 6. The molecule has 3 N–H and O–H groups in total. The Hall–Kier alpha value is -3.47. The Morgan fingerprint density at radius 2 is 1.94 bits per heavy atom. The topological polar surface area (TPSA) is 102 Å². The standard InChI is InChI=1S/C26H29N5O2/c1-30(2)26(13-11-18(12-14-26)6-4-15-27)31-24(32)20-8-3-7-19-22(29-17-5-16-28)10-9-21(23(19)20)25(31)33/h3,7-13,29H,4-6,14,16-17,28H2,1-2H3. The summed E-state index contributed by atoms with van der Waals surface area (Å²) in [5, 5.41) is 13.8. The number of nitriles is 1. The third-order valence-electron chi connectivity index (χ3n) is 6.52. The van der Waals surface area contributed by atoms with Gasteiger partial charge in [-0.2, -0.15) is 5.26 Å². The van der Waals surface area contributed by atoms with E-state index in [-0.39, 0.29) is 11.8 Å². The highest BCUT2D eigenvalue weighted by Crippen LogP contribution is 2.40. The van der Waals surface area contributed by atoms with E-state index in [0.717, 1.165) is 29.6 Å². The van der Waals surface area contributed by atoms with Gasteiger partial charge in [0, 0.05) is 47.0 Å². The first-order valence-electron chi connectivity index (χ1n) is 11.3. The van der Waals surface area contributed by atoms with E-state index in [0.29, 0.717) is 42.3 Å². The van der Waals surface area contributed by atoms with Crippen molar-refractivity contribution >= 4 is 28.3 Å². The molecule has 2 amide bonds. The van der Waals surface area contributed by atoms with Gasteiger partial charge in [0.25, 0.3) is 11.8 Å². The maximum Gasteiger partial charge on any atom is 0.263 e. The molecule has 2 aromatic rings. The molecular formula is C26H29N5O2. The van der Waals surface area contributed by atoms with Crippen LogP contribution in [0.15, 0.2) is 54.1 Å². The molecule has 1 aliphatic heterocycles. The number of rotatable bonds is 8. The number of likely N-dealkylation sites (N-methyl/N-ethyl adjacent to an activating group) is 1. The molecule has 7 heteroatoms. The Morgan fingerprint density at radius 1 is 1.18 bits per heavy atom. The maximum atomic E-state index is 13.8. The zero-order valence-electron chi connectivity index (χ0n) is 19.1. The first-order chi connectivity index (χ1) is 15.9. The highest BCUT2D eigenvalue weighted by molar-refractivity contribution is 6.27. The molecule has 1 heterocycles. The molecule has 4 rings (SSSR count). The van der Waals surface area contributed by atoms with E-state index in [1.165, 1.54) is 4.90 Å². The maximum absolute atomic E-state index is 13.8. The lowest BCUT2D eigenvalue weighted by molar-refractivity contribution is 0.0125. The van der Waals surface area contributed by atoms with E-state index < -0.39 is 5.66 Å². The van der Waals surface area contributed by atoms with Crippen molar-refractivity contribution in [3.63, 3.8) is 0 Å². The van der Waals surface area contributed by atoms with Gasteiger partial charge in [0.2, 0.25) is 0 Å². The van der Waals surface area contributed by atoms with E-state index in [9.17, 15) is 9.59 Å². The Kier molecular flexibility index (Phi) is 6.32. The van der Waals surface area contributed by atoms with Crippen LogP contribution in [-0.4, -0.2) is 54.5 Å². The number of carbonyl (C=O) groups excluding carboxylic acids is 2. The zero-order chi connectivity index (χ0) is 23.6. The van der Waals surface area contributed by atoms with Crippen molar-refractivity contribution in [2.75, 3.05) is 32.5 Å². The van der Waals surface area contributed by atoms with Crippen molar-refractivity contribution in [3.05, 3.63) is 65.3 Å². The van der Waals surface area contributed by atoms with Crippen molar-refractivity contribution in [1.82, 2.24) is 9.80 Å². The molecule has 0 radical (unpaired) electrons. The van der Waals surface area contributed by atoms with Crippen LogP contribution in [0, 0.1) is 11.3 Å². The first-order valence-corrected chi connectivity index (χ1v) is 11.3. The first kappa shape index (κ1) is 22.7. The van der Waals surface area contributed by atoms with Crippen molar-refractivity contribution in [3.8, 4) is 6.07 Å². The zero-order valence-corrected chi connectivity index (χ0v) is 19.1. The molecule has 0 spiro atoms. The third-order valence-corrected chi connectivity index (χ3v) is 6.52. The van der Waals surface area contributed by atoms with Gasteiger partial charge in [-0.15, -0.1) is 0 Å². The normalized spacial score (nSPS) is 19.7. The second kappa shape index (κ2) is 9.18. The second-order valence-electron chi connectivity index (χ2n) is 8.65. The lowest BCUT2D eigenvalue weighted by Crippen LogP contribution is -2.62. The SMILES string of the molecule is CN(C)C1(N2C(=O)c3cccc4c(NCCCN)ccc(c34)C2=O)C=CC(CCC#N)=CC1.